The van der Waals surface area contributed by atoms with Gasteiger partial charge in [-0.1, -0.05) is 12.1 Å². The average Bonchev–Trinajstić information content (AvgIpc) is 3.34. The smallest absolute Gasteiger partial charge is 0.191 e. The highest BCUT2D eigenvalue weighted by atomic mass is 32.1. The van der Waals surface area contributed by atoms with Gasteiger partial charge in [-0.3, -0.25) is 4.99 Å². The molecular weight excluding hydrogens is 411 g/mol. The van der Waals surface area contributed by atoms with Gasteiger partial charge in [0.25, 0.3) is 0 Å². The summed E-state index contributed by atoms with van der Waals surface area (Å²) in [5, 5.41) is 10.6. The molecule has 0 spiro atoms. The monoisotopic (exact) mass is 444 g/mol. The summed E-state index contributed by atoms with van der Waals surface area (Å²) in [7, 11) is 0. The van der Waals surface area contributed by atoms with Crippen LogP contribution in [0.1, 0.15) is 38.2 Å². The SMILES string of the molecule is CCNC(=NCC1(c2cccc(F)c2)CCOCC1)NC1CCN(c2cccs2)CC1. The van der Waals surface area contributed by atoms with Crippen molar-refractivity contribution >= 4 is 22.3 Å². The molecule has 2 saturated heterocycles. The molecule has 1 aromatic carbocycles. The van der Waals surface area contributed by atoms with E-state index in [0.717, 1.165) is 56.8 Å². The van der Waals surface area contributed by atoms with Gasteiger partial charge in [0.05, 0.1) is 11.5 Å². The maximum Gasteiger partial charge on any atom is 0.191 e. The molecule has 0 atom stereocenters. The van der Waals surface area contributed by atoms with Crippen molar-refractivity contribution in [2.24, 2.45) is 4.99 Å². The molecule has 4 rings (SSSR count). The zero-order valence-corrected chi connectivity index (χ0v) is 19.1. The summed E-state index contributed by atoms with van der Waals surface area (Å²) < 4.78 is 19.6. The van der Waals surface area contributed by atoms with Gasteiger partial charge in [-0.25, -0.2) is 4.39 Å². The molecule has 2 fully saturated rings. The van der Waals surface area contributed by atoms with Crippen molar-refractivity contribution in [3.63, 3.8) is 0 Å². The molecule has 0 unspecified atom stereocenters. The summed E-state index contributed by atoms with van der Waals surface area (Å²) in [5.74, 6) is 0.675. The Morgan fingerprint density at radius 3 is 2.71 bits per heavy atom. The second-order valence-electron chi connectivity index (χ2n) is 8.46. The van der Waals surface area contributed by atoms with Crippen LogP contribution in [-0.2, 0) is 10.2 Å². The van der Waals surface area contributed by atoms with Gasteiger partial charge in [0.2, 0.25) is 0 Å². The molecule has 0 radical (unpaired) electrons. The highest BCUT2D eigenvalue weighted by Crippen LogP contribution is 2.35. The van der Waals surface area contributed by atoms with E-state index in [1.54, 1.807) is 12.1 Å². The number of nitrogens with one attached hydrogen (secondary N) is 2. The molecular formula is C24H33FN4OS. The molecule has 0 bridgehead atoms. The third-order valence-electron chi connectivity index (χ3n) is 6.42. The van der Waals surface area contributed by atoms with Gasteiger partial charge >= 0.3 is 0 Å². The van der Waals surface area contributed by atoms with Crippen molar-refractivity contribution in [1.29, 1.82) is 0 Å². The van der Waals surface area contributed by atoms with Gasteiger partial charge in [0, 0.05) is 44.3 Å². The number of halogens is 1. The molecule has 2 N–H and O–H groups in total. The van der Waals surface area contributed by atoms with Gasteiger partial charge in [-0.2, -0.15) is 0 Å². The van der Waals surface area contributed by atoms with Crippen LogP contribution in [0.5, 0.6) is 0 Å². The normalized spacial score (nSPS) is 19.9. The van der Waals surface area contributed by atoms with Crippen LogP contribution >= 0.6 is 11.3 Å². The van der Waals surface area contributed by atoms with E-state index in [1.807, 2.05) is 17.4 Å². The van der Waals surface area contributed by atoms with Crippen molar-refractivity contribution in [3.8, 4) is 0 Å². The summed E-state index contributed by atoms with van der Waals surface area (Å²) in [5.41, 5.74) is 0.852. The number of anilines is 1. The number of hydrogen-bond acceptors (Lipinski definition) is 4. The first kappa shape index (κ1) is 22.1. The Morgan fingerprint density at radius 1 is 1.23 bits per heavy atom. The molecule has 3 heterocycles. The Labute approximate surface area is 188 Å². The fourth-order valence-electron chi connectivity index (χ4n) is 4.56. The van der Waals surface area contributed by atoms with Crippen LogP contribution < -0.4 is 15.5 Å². The lowest BCUT2D eigenvalue weighted by Crippen LogP contribution is -2.49. The quantitative estimate of drug-likeness (QED) is 0.519. The molecule has 2 aliphatic rings. The number of piperidine rings is 1. The Balaban J connectivity index is 1.42. The molecule has 2 aromatic rings. The van der Waals surface area contributed by atoms with Crippen LogP contribution in [0.2, 0.25) is 0 Å². The Bertz CT molecular complexity index is 843. The first-order valence-corrected chi connectivity index (χ1v) is 12.2. The van der Waals surface area contributed by atoms with Gasteiger partial charge in [0.1, 0.15) is 5.82 Å². The van der Waals surface area contributed by atoms with Crippen molar-refractivity contribution < 1.29 is 9.13 Å². The summed E-state index contributed by atoms with van der Waals surface area (Å²) in [4.78, 5) is 7.45. The lowest BCUT2D eigenvalue weighted by atomic mass is 9.74. The molecule has 1 aromatic heterocycles. The molecule has 0 saturated carbocycles. The van der Waals surface area contributed by atoms with E-state index in [2.05, 4.69) is 40.0 Å². The van der Waals surface area contributed by atoms with E-state index in [-0.39, 0.29) is 11.2 Å². The number of thiophene rings is 1. The zero-order chi connectivity index (χ0) is 21.5. The second-order valence-corrected chi connectivity index (χ2v) is 9.38. The number of hydrogen-bond donors (Lipinski definition) is 2. The topological polar surface area (TPSA) is 48.9 Å². The highest BCUT2D eigenvalue weighted by Gasteiger charge is 2.35. The largest absolute Gasteiger partial charge is 0.381 e. The first-order chi connectivity index (χ1) is 15.2. The van der Waals surface area contributed by atoms with Gasteiger partial charge in [-0.05, 0) is 67.8 Å². The van der Waals surface area contributed by atoms with Crippen LogP contribution in [0.25, 0.3) is 0 Å². The van der Waals surface area contributed by atoms with Crippen molar-refractivity contribution in [3.05, 3.63) is 53.2 Å². The fraction of sp³-hybridized carbons (Fsp3) is 0.542. The summed E-state index contributed by atoms with van der Waals surface area (Å²) in [6, 6.07) is 11.7. The van der Waals surface area contributed by atoms with E-state index in [0.29, 0.717) is 25.8 Å². The Morgan fingerprint density at radius 2 is 2.03 bits per heavy atom. The fourth-order valence-corrected chi connectivity index (χ4v) is 5.34. The second kappa shape index (κ2) is 10.5. The van der Waals surface area contributed by atoms with Crippen LogP contribution in [0.4, 0.5) is 9.39 Å². The highest BCUT2D eigenvalue weighted by molar-refractivity contribution is 7.14. The molecule has 5 nitrogen and oxygen atoms in total. The molecule has 7 heteroatoms. The van der Waals surface area contributed by atoms with E-state index < -0.39 is 0 Å². The van der Waals surface area contributed by atoms with Crippen LogP contribution in [0.15, 0.2) is 46.8 Å². The number of nitrogens with zero attached hydrogens (tertiary/aromatic N) is 2. The average molecular weight is 445 g/mol. The minimum absolute atomic E-state index is 0.175. The number of ether oxygens (including phenoxy) is 1. The molecule has 0 amide bonds. The van der Waals surface area contributed by atoms with Crippen molar-refractivity contribution in [1.82, 2.24) is 10.6 Å². The molecule has 0 aliphatic carbocycles. The van der Waals surface area contributed by atoms with E-state index in [4.69, 9.17) is 9.73 Å². The van der Waals surface area contributed by atoms with Crippen LogP contribution in [0.3, 0.4) is 0 Å². The Kier molecular flexibility index (Phi) is 7.45. The third kappa shape index (κ3) is 5.57. The lowest BCUT2D eigenvalue weighted by molar-refractivity contribution is 0.0530. The van der Waals surface area contributed by atoms with E-state index in [1.165, 1.54) is 11.1 Å². The number of aliphatic imine (C=N–C) groups is 1. The Hall–Kier alpha value is -2.12. The predicted molar refractivity (Wildman–Crippen MR) is 127 cm³/mol. The van der Waals surface area contributed by atoms with Gasteiger partial charge in [0.15, 0.2) is 5.96 Å². The van der Waals surface area contributed by atoms with Gasteiger partial charge in [-0.15, -0.1) is 11.3 Å². The van der Waals surface area contributed by atoms with E-state index in [9.17, 15) is 4.39 Å². The van der Waals surface area contributed by atoms with Crippen molar-refractivity contribution in [2.75, 3.05) is 44.3 Å². The maximum atomic E-state index is 14.0. The molecule has 2 aliphatic heterocycles. The number of rotatable bonds is 6. The summed E-state index contributed by atoms with van der Waals surface area (Å²) >= 11 is 1.81. The van der Waals surface area contributed by atoms with Crippen LogP contribution in [-0.4, -0.2) is 51.4 Å². The zero-order valence-electron chi connectivity index (χ0n) is 18.3. The number of guanidine groups is 1. The third-order valence-corrected chi connectivity index (χ3v) is 7.35. The summed E-state index contributed by atoms with van der Waals surface area (Å²) in [6.07, 6.45) is 3.90. The lowest BCUT2D eigenvalue weighted by Gasteiger charge is -2.37. The minimum Gasteiger partial charge on any atom is -0.381 e. The first-order valence-electron chi connectivity index (χ1n) is 11.4. The maximum absolute atomic E-state index is 14.0. The van der Waals surface area contributed by atoms with Gasteiger partial charge < -0.3 is 20.3 Å². The number of benzene rings is 1. The van der Waals surface area contributed by atoms with E-state index >= 15 is 0 Å². The van der Waals surface area contributed by atoms with Crippen molar-refractivity contribution in [2.45, 2.75) is 44.1 Å². The molecule has 31 heavy (non-hydrogen) atoms. The summed E-state index contributed by atoms with van der Waals surface area (Å²) in [6.45, 7) is 7.03. The van der Waals surface area contributed by atoms with Crippen LogP contribution in [0, 0.1) is 5.82 Å². The molecule has 168 valence electrons. The minimum atomic E-state index is -0.185. The standard InChI is InChI=1S/C24H33FN4OS/c1-2-26-23(28-21-8-12-29(13-9-21)22-7-4-16-31-22)27-18-24(10-14-30-15-11-24)19-5-3-6-20(25)17-19/h3-7,16-17,21H,2,8-15,18H2,1H3,(H2,26,27,28). The predicted octanol–water partition coefficient (Wildman–Crippen LogP) is 4.16.